The number of rotatable bonds is 14. The summed E-state index contributed by atoms with van der Waals surface area (Å²) in [6, 6.07) is 14.2. The Kier molecular flexibility index (Phi) is 11.2. The molecule has 4 amide bonds. The Balaban J connectivity index is 1.47. The lowest BCUT2D eigenvalue weighted by atomic mass is 9.94. The number of Topliss-reactive ketones (excluding diaryl/α,β-unsaturated/α-hetero) is 1. The lowest BCUT2D eigenvalue weighted by Crippen LogP contribution is -2.55. The topological polar surface area (TPSA) is 143 Å². The Bertz CT molecular complexity index is 1320. The third kappa shape index (κ3) is 9.81. The van der Waals surface area contributed by atoms with Crippen LogP contribution in [0, 0.1) is 11.8 Å². The van der Waals surface area contributed by atoms with Crippen LogP contribution in [0.3, 0.4) is 0 Å². The first kappa shape index (κ1) is 32.0. The van der Waals surface area contributed by atoms with Crippen molar-refractivity contribution < 1.29 is 28.7 Å². The first-order chi connectivity index (χ1) is 20.6. The van der Waals surface area contributed by atoms with Gasteiger partial charge in [0.2, 0.25) is 17.6 Å². The number of carbonyl (C=O) groups excluding carboxylic acids is 5. The lowest BCUT2D eigenvalue weighted by Gasteiger charge is -2.26. The molecule has 230 valence electrons. The first-order valence-corrected chi connectivity index (χ1v) is 15.2. The lowest BCUT2D eigenvalue weighted by molar-refractivity contribution is -0.141. The van der Waals surface area contributed by atoms with Crippen molar-refractivity contribution in [1.82, 2.24) is 21.3 Å². The Morgan fingerprint density at radius 3 is 2.35 bits per heavy atom. The summed E-state index contributed by atoms with van der Waals surface area (Å²) >= 11 is 6.17. The van der Waals surface area contributed by atoms with Crippen LogP contribution in [0.25, 0.3) is 0 Å². The van der Waals surface area contributed by atoms with Gasteiger partial charge in [0, 0.05) is 29.9 Å². The van der Waals surface area contributed by atoms with Gasteiger partial charge < -0.3 is 26.0 Å². The van der Waals surface area contributed by atoms with Crippen LogP contribution in [0.2, 0.25) is 5.02 Å². The largest absolute Gasteiger partial charge is 0.441 e. The van der Waals surface area contributed by atoms with Crippen molar-refractivity contribution in [2.75, 3.05) is 6.54 Å². The highest BCUT2D eigenvalue weighted by molar-refractivity contribution is 6.38. The molecule has 43 heavy (non-hydrogen) atoms. The number of nitrogens with one attached hydrogen (secondary N) is 4. The minimum atomic E-state index is -1.22. The zero-order chi connectivity index (χ0) is 30.9. The molecule has 4 N–H and O–H groups in total. The van der Waals surface area contributed by atoms with Crippen molar-refractivity contribution in [2.45, 2.75) is 76.6 Å². The molecule has 4 rings (SSSR count). The van der Waals surface area contributed by atoms with Gasteiger partial charge in [0.25, 0.3) is 5.91 Å². The second-order valence-corrected chi connectivity index (χ2v) is 12.1. The molecular formula is C32H39ClN4O6. The van der Waals surface area contributed by atoms with Gasteiger partial charge in [-0.15, -0.1) is 0 Å². The van der Waals surface area contributed by atoms with E-state index in [1.807, 2.05) is 56.3 Å². The van der Waals surface area contributed by atoms with E-state index in [0.717, 1.165) is 24.0 Å². The van der Waals surface area contributed by atoms with Crippen molar-refractivity contribution in [3.05, 3.63) is 70.7 Å². The summed E-state index contributed by atoms with van der Waals surface area (Å²) in [7, 11) is 0. The molecule has 0 spiro atoms. The average Bonchev–Trinajstić information content (AvgIpc) is 3.70. The Morgan fingerprint density at radius 2 is 1.72 bits per heavy atom. The highest BCUT2D eigenvalue weighted by Gasteiger charge is 2.37. The molecule has 1 aliphatic heterocycles. The highest BCUT2D eigenvalue weighted by Crippen LogP contribution is 2.25. The fourth-order valence-corrected chi connectivity index (χ4v) is 5.30. The summed E-state index contributed by atoms with van der Waals surface area (Å²) in [5.74, 6) is -2.96. The third-order valence-electron chi connectivity index (χ3n) is 7.50. The average molecular weight is 611 g/mol. The maximum absolute atomic E-state index is 13.5. The van der Waals surface area contributed by atoms with Crippen LogP contribution in [-0.4, -0.2) is 54.3 Å². The monoisotopic (exact) mass is 610 g/mol. The Morgan fingerprint density at radius 1 is 0.977 bits per heavy atom. The van der Waals surface area contributed by atoms with E-state index in [1.54, 1.807) is 12.1 Å². The Labute approximate surface area is 256 Å². The van der Waals surface area contributed by atoms with Crippen molar-refractivity contribution in [3.63, 3.8) is 0 Å². The van der Waals surface area contributed by atoms with Crippen LogP contribution in [0.4, 0.5) is 4.79 Å². The van der Waals surface area contributed by atoms with Crippen LogP contribution in [0.5, 0.6) is 0 Å². The van der Waals surface area contributed by atoms with Crippen LogP contribution < -0.4 is 21.3 Å². The van der Waals surface area contributed by atoms with Gasteiger partial charge in [-0.1, -0.05) is 67.9 Å². The van der Waals surface area contributed by atoms with Crippen LogP contribution >= 0.6 is 11.6 Å². The first-order valence-electron chi connectivity index (χ1n) is 14.8. The second-order valence-electron chi connectivity index (χ2n) is 11.7. The zero-order valence-corrected chi connectivity index (χ0v) is 25.2. The van der Waals surface area contributed by atoms with E-state index in [-0.39, 0.29) is 30.7 Å². The summed E-state index contributed by atoms with van der Waals surface area (Å²) in [5, 5.41) is 11.3. The summed E-state index contributed by atoms with van der Waals surface area (Å²) in [6.45, 7) is 4.26. The number of alkyl carbamates (subject to hydrolysis) is 1. The number of carbonyl (C=O) groups is 5. The Hall–Kier alpha value is -3.92. The number of hydrogen-bond acceptors (Lipinski definition) is 6. The molecule has 0 radical (unpaired) electrons. The smallest absolute Gasteiger partial charge is 0.408 e. The molecule has 2 aromatic rings. The summed E-state index contributed by atoms with van der Waals surface area (Å²) in [5.41, 5.74) is 1.64. The number of amides is 4. The molecule has 0 aromatic heterocycles. The van der Waals surface area contributed by atoms with Gasteiger partial charge in [0.15, 0.2) is 0 Å². The molecule has 2 aliphatic rings. The predicted molar refractivity (Wildman–Crippen MR) is 161 cm³/mol. The van der Waals surface area contributed by atoms with Crippen molar-refractivity contribution in [2.24, 2.45) is 11.8 Å². The minimum Gasteiger partial charge on any atom is -0.441 e. The third-order valence-corrected chi connectivity index (χ3v) is 7.73. The molecule has 11 heteroatoms. The maximum Gasteiger partial charge on any atom is 0.408 e. The van der Waals surface area contributed by atoms with E-state index in [1.165, 1.54) is 0 Å². The molecule has 1 saturated heterocycles. The minimum absolute atomic E-state index is 0.000331. The predicted octanol–water partition coefficient (Wildman–Crippen LogP) is 3.62. The van der Waals surface area contributed by atoms with Crippen molar-refractivity contribution in [3.8, 4) is 0 Å². The number of ether oxygens (including phenoxy) is 1. The zero-order valence-electron chi connectivity index (χ0n) is 24.4. The number of hydrogen-bond donors (Lipinski definition) is 4. The number of halogens is 1. The van der Waals surface area contributed by atoms with Gasteiger partial charge in [-0.2, -0.15) is 0 Å². The van der Waals surface area contributed by atoms with Crippen LogP contribution in [0.15, 0.2) is 54.6 Å². The number of benzene rings is 2. The molecule has 0 bridgehead atoms. The van der Waals surface area contributed by atoms with Gasteiger partial charge in [0.05, 0.1) is 6.04 Å². The van der Waals surface area contributed by atoms with Crippen LogP contribution in [-0.2, 0) is 30.3 Å². The van der Waals surface area contributed by atoms with Gasteiger partial charge in [-0.25, -0.2) is 4.79 Å². The SMILES string of the molecule is CC(C)C[C@H](NC(=O)OC(Cc1cccc(Cl)c1)c1ccccc1)C(=O)N[C@@H](C[C@@H]1CCNC1=O)C(=O)C(=O)NC1CC1. The molecule has 4 atom stereocenters. The van der Waals surface area contributed by atoms with Gasteiger partial charge >= 0.3 is 6.09 Å². The molecule has 2 fully saturated rings. The van der Waals surface area contributed by atoms with Gasteiger partial charge in [0.1, 0.15) is 12.1 Å². The molecule has 10 nitrogen and oxygen atoms in total. The highest BCUT2D eigenvalue weighted by atomic mass is 35.5. The van der Waals surface area contributed by atoms with E-state index in [2.05, 4.69) is 21.3 Å². The molecular weight excluding hydrogens is 572 g/mol. The van der Waals surface area contributed by atoms with E-state index < -0.39 is 47.8 Å². The van der Waals surface area contributed by atoms with Crippen molar-refractivity contribution in [1.29, 1.82) is 0 Å². The molecule has 1 unspecified atom stereocenters. The summed E-state index contributed by atoms with van der Waals surface area (Å²) in [6.07, 6.45) is 1.22. The molecule has 1 saturated carbocycles. The molecule has 1 aliphatic carbocycles. The molecule has 1 heterocycles. The van der Waals surface area contributed by atoms with E-state index in [9.17, 15) is 24.0 Å². The maximum atomic E-state index is 13.5. The quantitative estimate of drug-likeness (QED) is 0.241. The standard InChI is InChI=1S/C32H39ClN4O6/c1-19(2)15-26(30(40)36-25(18-22-13-14-34-29(22)39)28(38)31(41)35-24-11-12-24)37-32(42)43-27(21-8-4-3-5-9-21)17-20-7-6-10-23(33)16-20/h3-10,16,19,22,24-27H,11-15,17-18H2,1-2H3,(H,34,39)(H,35,41)(H,36,40)(H,37,42)/t22-,25-,26-,27?/m0/s1. The van der Waals surface area contributed by atoms with Crippen molar-refractivity contribution >= 4 is 41.2 Å². The fourth-order valence-electron chi connectivity index (χ4n) is 5.08. The van der Waals surface area contributed by atoms with Gasteiger partial charge in [-0.3, -0.25) is 19.2 Å². The fraction of sp³-hybridized carbons (Fsp3) is 0.469. The molecule has 2 aromatic carbocycles. The van der Waals surface area contributed by atoms with Crippen LogP contribution in [0.1, 0.15) is 63.2 Å². The normalized spacial score (nSPS) is 18.2. The second kappa shape index (κ2) is 15.0. The van der Waals surface area contributed by atoms with E-state index in [0.29, 0.717) is 24.4 Å². The number of ketones is 1. The summed E-state index contributed by atoms with van der Waals surface area (Å²) < 4.78 is 5.85. The van der Waals surface area contributed by atoms with E-state index in [4.69, 9.17) is 16.3 Å². The van der Waals surface area contributed by atoms with Gasteiger partial charge in [-0.05, 0) is 61.3 Å². The van der Waals surface area contributed by atoms with E-state index >= 15 is 0 Å². The summed E-state index contributed by atoms with van der Waals surface area (Å²) in [4.78, 5) is 64.8.